The third-order valence-corrected chi connectivity index (χ3v) is 2.66. The number of hydrogen-bond donors (Lipinski definition) is 1. The van der Waals surface area contributed by atoms with Crippen LogP contribution in [0, 0.1) is 0 Å². The summed E-state index contributed by atoms with van der Waals surface area (Å²) < 4.78 is 0. The fraction of sp³-hybridized carbons (Fsp3) is 0.357. The Morgan fingerprint density at radius 1 is 1.21 bits per heavy atom. The Hall–Kier alpha value is -2.01. The first-order valence-electron chi connectivity index (χ1n) is 6.17. The van der Waals surface area contributed by atoms with E-state index in [0.29, 0.717) is 12.4 Å². The van der Waals surface area contributed by atoms with Crippen molar-refractivity contribution < 1.29 is 9.88 Å². The quantitative estimate of drug-likeness (QED) is 0.677. The molecule has 0 aliphatic carbocycles. The fourth-order valence-corrected chi connectivity index (χ4v) is 1.66. The van der Waals surface area contributed by atoms with E-state index in [-0.39, 0.29) is 5.41 Å². The molecule has 0 spiro atoms. The zero-order valence-electron chi connectivity index (χ0n) is 11.5. The molecular weight excluding hydrogens is 242 g/mol. The molecule has 0 saturated carbocycles. The second-order valence-electron chi connectivity index (χ2n) is 5.40. The average Bonchev–Trinajstić information content (AvgIpc) is 2.72. The molecule has 0 amide bonds. The number of nitrogens with two attached hydrogens (primary N) is 1. The van der Waals surface area contributed by atoms with Crippen LogP contribution in [0.4, 0.5) is 5.82 Å². The molecule has 5 nitrogen and oxygen atoms in total. The van der Waals surface area contributed by atoms with Crippen molar-refractivity contribution in [1.82, 2.24) is 9.94 Å². The Kier molecular flexibility index (Phi) is 3.76. The first kappa shape index (κ1) is 13.4. The van der Waals surface area contributed by atoms with Gasteiger partial charge in [-0.3, -0.25) is 0 Å². The highest BCUT2D eigenvalue weighted by Crippen LogP contribution is 2.23. The summed E-state index contributed by atoms with van der Waals surface area (Å²) in [5.74, 6) is 0.410. The summed E-state index contributed by atoms with van der Waals surface area (Å²) >= 11 is 0. The first-order chi connectivity index (χ1) is 8.97. The smallest absolute Gasteiger partial charge is 0.149 e. The lowest BCUT2D eigenvalue weighted by Gasteiger charge is -2.18. The minimum atomic E-state index is -0.124. The Labute approximate surface area is 112 Å². The van der Waals surface area contributed by atoms with Gasteiger partial charge in [0, 0.05) is 11.5 Å². The molecule has 1 aromatic heterocycles. The summed E-state index contributed by atoms with van der Waals surface area (Å²) in [6.45, 7) is 6.52. The maximum absolute atomic E-state index is 5.69. The first-order valence-corrected chi connectivity index (χ1v) is 6.17. The van der Waals surface area contributed by atoms with E-state index in [1.807, 2.05) is 30.3 Å². The molecule has 5 heteroatoms. The van der Waals surface area contributed by atoms with Crippen LogP contribution in [0.5, 0.6) is 0 Å². The molecule has 0 bridgehead atoms. The van der Waals surface area contributed by atoms with Gasteiger partial charge in [0.15, 0.2) is 0 Å². The molecule has 0 saturated heterocycles. The zero-order chi connectivity index (χ0) is 13.9. The Bertz CT molecular complexity index is 529. The Morgan fingerprint density at radius 3 is 2.53 bits per heavy atom. The summed E-state index contributed by atoms with van der Waals surface area (Å²) in [6.07, 6.45) is 0. The number of anilines is 1. The van der Waals surface area contributed by atoms with Crippen LogP contribution < -0.4 is 10.7 Å². The van der Waals surface area contributed by atoms with Crippen LogP contribution in [-0.4, -0.2) is 9.94 Å². The lowest BCUT2D eigenvalue weighted by Crippen LogP contribution is -2.23. The van der Waals surface area contributed by atoms with E-state index >= 15 is 0 Å². The van der Waals surface area contributed by atoms with Gasteiger partial charge in [-0.15, -0.1) is 5.10 Å². The molecule has 0 aliphatic rings. The van der Waals surface area contributed by atoms with E-state index in [2.05, 4.69) is 25.9 Å². The van der Waals surface area contributed by atoms with Gasteiger partial charge in [-0.25, -0.2) is 4.99 Å². The van der Waals surface area contributed by atoms with E-state index in [4.69, 9.17) is 15.6 Å². The monoisotopic (exact) mass is 261 g/mol. The summed E-state index contributed by atoms with van der Waals surface area (Å²) in [5, 5.41) is 4.06. The summed E-state index contributed by atoms with van der Waals surface area (Å²) in [7, 11) is 0. The number of rotatable bonds is 4. The predicted octanol–water partition coefficient (Wildman–Crippen LogP) is 2.32. The van der Waals surface area contributed by atoms with Gasteiger partial charge in [-0.2, -0.15) is 4.89 Å². The van der Waals surface area contributed by atoms with Crippen LogP contribution in [0.2, 0.25) is 0 Å². The molecule has 0 aliphatic heterocycles. The summed E-state index contributed by atoms with van der Waals surface area (Å²) in [5.41, 5.74) is 7.45. The molecule has 0 radical (unpaired) electrons. The zero-order valence-corrected chi connectivity index (χ0v) is 11.5. The van der Waals surface area contributed by atoms with Crippen molar-refractivity contribution in [2.24, 2.45) is 0 Å². The van der Waals surface area contributed by atoms with Crippen molar-refractivity contribution in [3.05, 3.63) is 47.7 Å². The van der Waals surface area contributed by atoms with Crippen molar-refractivity contribution in [3.63, 3.8) is 0 Å². The van der Waals surface area contributed by atoms with Gasteiger partial charge in [0.2, 0.25) is 0 Å². The molecule has 0 unspecified atom stereocenters. The summed E-state index contributed by atoms with van der Waals surface area (Å²) in [6, 6.07) is 11.6. The van der Waals surface area contributed by atoms with Crippen molar-refractivity contribution >= 4 is 5.82 Å². The van der Waals surface area contributed by atoms with Gasteiger partial charge >= 0.3 is 0 Å². The highest BCUT2D eigenvalue weighted by atomic mass is 17.3. The molecule has 19 heavy (non-hydrogen) atoms. The van der Waals surface area contributed by atoms with Gasteiger partial charge < -0.3 is 5.73 Å². The van der Waals surface area contributed by atoms with Gasteiger partial charge in [0.1, 0.15) is 12.4 Å². The topological polar surface area (TPSA) is 62.3 Å². The molecule has 0 atom stereocenters. The van der Waals surface area contributed by atoms with Crippen LogP contribution in [-0.2, 0) is 16.9 Å². The third-order valence-electron chi connectivity index (χ3n) is 2.66. The van der Waals surface area contributed by atoms with Crippen molar-refractivity contribution in [3.8, 4) is 0 Å². The predicted molar refractivity (Wildman–Crippen MR) is 73.2 cm³/mol. The van der Waals surface area contributed by atoms with Crippen LogP contribution in [0.15, 0.2) is 36.4 Å². The van der Waals surface area contributed by atoms with Gasteiger partial charge in [0.05, 0.1) is 5.69 Å². The Morgan fingerprint density at radius 2 is 1.89 bits per heavy atom. The highest BCUT2D eigenvalue weighted by Gasteiger charge is 2.22. The number of nitrogens with zero attached hydrogens (tertiary/aromatic N) is 2. The molecule has 2 rings (SSSR count). The fourth-order valence-electron chi connectivity index (χ4n) is 1.66. The van der Waals surface area contributed by atoms with Crippen molar-refractivity contribution in [2.75, 3.05) is 5.73 Å². The summed E-state index contributed by atoms with van der Waals surface area (Å²) in [4.78, 5) is 11.7. The average molecular weight is 261 g/mol. The van der Waals surface area contributed by atoms with Gasteiger partial charge in [-0.1, -0.05) is 55.9 Å². The maximum Gasteiger partial charge on any atom is 0.149 e. The molecule has 2 aromatic rings. The van der Waals surface area contributed by atoms with Crippen LogP contribution in [0.1, 0.15) is 32.0 Å². The molecule has 0 fully saturated rings. The van der Waals surface area contributed by atoms with Crippen molar-refractivity contribution in [1.29, 1.82) is 0 Å². The van der Waals surface area contributed by atoms with Crippen LogP contribution >= 0.6 is 0 Å². The van der Waals surface area contributed by atoms with Gasteiger partial charge in [-0.05, 0) is 5.56 Å². The number of hydrogen-bond acceptors (Lipinski definition) is 4. The largest absolute Gasteiger partial charge is 0.382 e. The normalized spacial score (nSPS) is 11.5. The maximum atomic E-state index is 5.69. The van der Waals surface area contributed by atoms with E-state index in [1.54, 1.807) is 6.07 Å². The third kappa shape index (κ3) is 3.48. The Balaban J connectivity index is 2.00. The molecule has 102 valence electrons. The van der Waals surface area contributed by atoms with E-state index in [1.165, 1.54) is 4.85 Å². The second kappa shape index (κ2) is 5.32. The van der Waals surface area contributed by atoms with Crippen molar-refractivity contribution in [2.45, 2.75) is 32.8 Å². The molecular formula is C14H19N3O2. The number of nitrogen functional groups attached to an aromatic ring is 1. The van der Waals surface area contributed by atoms with E-state index in [9.17, 15) is 0 Å². The highest BCUT2D eigenvalue weighted by molar-refractivity contribution is 5.32. The van der Waals surface area contributed by atoms with Gasteiger partial charge in [0.25, 0.3) is 0 Å². The van der Waals surface area contributed by atoms with E-state index in [0.717, 1.165) is 11.3 Å². The SMILES string of the molecule is CC(C)(C)c1cc(N)nn1OOCc1ccccc1. The number of benzene rings is 1. The van der Waals surface area contributed by atoms with Crippen LogP contribution in [0.3, 0.4) is 0 Å². The lowest BCUT2D eigenvalue weighted by molar-refractivity contribution is -0.312. The van der Waals surface area contributed by atoms with Crippen LogP contribution in [0.25, 0.3) is 0 Å². The minimum Gasteiger partial charge on any atom is -0.382 e. The second-order valence-corrected chi connectivity index (χ2v) is 5.40. The van der Waals surface area contributed by atoms with E-state index < -0.39 is 0 Å². The standard InChI is InChI=1S/C14H19N3O2/c1-14(2,3)12-9-13(15)16-17(12)19-18-10-11-7-5-4-6-8-11/h4-9H,10H2,1-3H3,(H2,15,16). The molecule has 1 heterocycles. The lowest BCUT2D eigenvalue weighted by atomic mass is 9.92. The minimum absolute atomic E-state index is 0.124. The molecule has 2 N–H and O–H groups in total. The number of aromatic nitrogens is 2. The molecule has 1 aromatic carbocycles.